The van der Waals surface area contributed by atoms with Gasteiger partial charge in [-0.2, -0.15) is 0 Å². The largest absolute Gasteiger partial charge is 0.378 e. The van der Waals surface area contributed by atoms with E-state index in [9.17, 15) is 13.2 Å². The molecule has 0 bridgehead atoms. The molecule has 36 heavy (non-hydrogen) atoms. The Morgan fingerprint density at radius 2 is 1.83 bits per heavy atom. The third-order valence-corrected chi connectivity index (χ3v) is 9.01. The number of hydrogen-bond acceptors (Lipinski definition) is 9. The molecule has 1 saturated carbocycles. The van der Waals surface area contributed by atoms with E-state index >= 15 is 0 Å². The first kappa shape index (κ1) is 24.6. The highest BCUT2D eigenvalue weighted by Crippen LogP contribution is 2.33. The Hall–Kier alpha value is -3.09. The summed E-state index contributed by atoms with van der Waals surface area (Å²) < 4.78 is 32.3. The average molecular weight is 529 g/mol. The molecule has 1 aromatic carbocycles. The summed E-state index contributed by atoms with van der Waals surface area (Å²) in [7, 11) is -3.40. The lowest BCUT2D eigenvalue weighted by Crippen LogP contribution is -2.36. The van der Waals surface area contributed by atoms with Crippen molar-refractivity contribution in [3.8, 4) is 11.3 Å². The summed E-state index contributed by atoms with van der Waals surface area (Å²) in [5, 5.41) is 4.60. The van der Waals surface area contributed by atoms with Crippen LogP contribution in [0.5, 0.6) is 0 Å². The van der Waals surface area contributed by atoms with Crippen molar-refractivity contribution in [2.24, 2.45) is 0 Å². The minimum Gasteiger partial charge on any atom is -0.378 e. The van der Waals surface area contributed by atoms with Crippen LogP contribution in [0.15, 0.2) is 42.0 Å². The van der Waals surface area contributed by atoms with Crippen LogP contribution in [0, 0.1) is 0 Å². The van der Waals surface area contributed by atoms with Gasteiger partial charge in [-0.05, 0) is 38.8 Å². The number of anilines is 3. The first-order valence-electron chi connectivity index (χ1n) is 11.8. The molecule has 2 aromatic heterocycles. The van der Waals surface area contributed by atoms with Gasteiger partial charge in [0.2, 0.25) is 15.9 Å². The molecule has 0 spiro atoms. The number of nitrogens with one attached hydrogen (secondary N) is 2. The lowest BCUT2D eigenvalue weighted by molar-refractivity contribution is -0.120. The summed E-state index contributed by atoms with van der Waals surface area (Å²) in [4.78, 5) is 28.7. The van der Waals surface area contributed by atoms with E-state index in [1.165, 1.54) is 11.3 Å². The second-order valence-electron chi connectivity index (χ2n) is 9.40. The Kier molecular flexibility index (Phi) is 6.66. The van der Waals surface area contributed by atoms with Crippen molar-refractivity contribution in [3.05, 3.63) is 47.7 Å². The van der Waals surface area contributed by atoms with Crippen LogP contribution in [-0.4, -0.2) is 60.8 Å². The molecule has 190 valence electrons. The number of nitrogens with zero attached hydrogens (tertiary/aromatic N) is 4. The van der Waals surface area contributed by atoms with Crippen molar-refractivity contribution in [2.45, 2.75) is 37.4 Å². The van der Waals surface area contributed by atoms with Crippen LogP contribution in [0.3, 0.4) is 0 Å². The number of aromatic nitrogens is 3. The summed E-state index contributed by atoms with van der Waals surface area (Å²) in [6.45, 7) is 6.44. The topological polar surface area (TPSA) is 126 Å². The van der Waals surface area contributed by atoms with Gasteiger partial charge in [-0.3, -0.25) is 14.5 Å². The average Bonchev–Trinajstić information content (AvgIpc) is 3.65. The van der Waals surface area contributed by atoms with Crippen molar-refractivity contribution in [1.29, 1.82) is 0 Å². The van der Waals surface area contributed by atoms with Gasteiger partial charge in [-0.25, -0.2) is 18.4 Å². The Morgan fingerprint density at radius 3 is 2.53 bits per heavy atom. The van der Waals surface area contributed by atoms with E-state index in [1.807, 2.05) is 24.3 Å². The van der Waals surface area contributed by atoms with Crippen LogP contribution in [0.1, 0.15) is 32.4 Å². The Labute approximate surface area is 214 Å². The lowest BCUT2D eigenvalue weighted by Gasteiger charge is -2.27. The Bertz CT molecular complexity index is 1350. The maximum atomic E-state index is 13.1. The van der Waals surface area contributed by atoms with Gasteiger partial charge in [-0.1, -0.05) is 12.1 Å². The second-order valence-corrected chi connectivity index (χ2v) is 12.2. The van der Waals surface area contributed by atoms with E-state index in [0.29, 0.717) is 37.4 Å². The monoisotopic (exact) mass is 528 g/mol. The minimum absolute atomic E-state index is 0.244. The van der Waals surface area contributed by atoms with Gasteiger partial charge in [0.05, 0.1) is 47.7 Å². The maximum Gasteiger partial charge on any atom is 0.237 e. The predicted molar refractivity (Wildman–Crippen MR) is 140 cm³/mol. The van der Waals surface area contributed by atoms with Gasteiger partial charge in [-0.15, -0.1) is 11.3 Å². The number of ether oxygens (including phenoxy) is 1. The van der Waals surface area contributed by atoms with E-state index in [4.69, 9.17) is 9.72 Å². The normalized spacial score (nSPS) is 16.6. The lowest BCUT2D eigenvalue weighted by atomic mass is 9.89. The number of thiazole rings is 1. The molecule has 1 saturated heterocycles. The summed E-state index contributed by atoms with van der Waals surface area (Å²) in [6, 6.07) is 7.43. The van der Waals surface area contributed by atoms with Crippen LogP contribution in [0.2, 0.25) is 0 Å². The fourth-order valence-electron chi connectivity index (χ4n) is 3.76. The van der Waals surface area contributed by atoms with Gasteiger partial charge in [0.1, 0.15) is 5.82 Å². The fraction of sp³-hybridized carbons (Fsp3) is 0.417. The maximum absolute atomic E-state index is 13.1. The first-order valence-corrected chi connectivity index (χ1v) is 14.2. The summed E-state index contributed by atoms with van der Waals surface area (Å²) in [5.41, 5.74) is 1.82. The van der Waals surface area contributed by atoms with Crippen LogP contribution >= 0.6 is 11.3 Å². The Morgan fingerprint density at radius 1 is 1.11 bits per heavy atom. The molecule has 0 radical (unpaired) electrons. The summed E-state index contributed by atoms with van der Waals surface area (Å²) >= 11 is 1.18. The standard InChI is InChI=1S/C24H28N6O4S2/c1-24(2,20-15-35-23(28-20)29-36(32,33)18-7-8-18)22(31)26-17-5-3-16(4-6-17)19-13-25-14-21(27-19)30-9-11-34-12-10-30/h3-6,13-15,18H,7-12H2,1-2H3,(H,26,31)(H,28,29). The molecule has 2 N–H and O–H groups in total. The van der Waals surface area contributed by atoms with Crippen LogP contribution < -0.4 is 14.9 Å². The van der Waals surface area contributed by atoms with Crippen molar-refractivity contribution < 1.29 is 17.9 Å². The van der Waals surface area contributed by atoms with E-state index < -0.39 is 15.4 Å². The Balaban J connectivity index is 1.25. The SMILES string of the molecule is CC(C)(C(=O)Nc1ccc(-c2cncc(N3CCOCC3)n2)cc1)c1csc(NS(=O)(=O)C2CC2)n1. The number of carbonyl (C=O) groups is 1. The van der Waals surface area contributed by atoms with Gasteiger partial charge < -0.3 is 15.0 Å². The number of sulfonamides is 1. The molecular formula is C24H28N6O4S2. The molecule has 3 aromatic rings. The number of amides is 1. The third-order valence-electron chi connectivity index (χ3n) is 6.30. The van der Waals surface area contributed by atoms with Gasteiger partial charge in [0.15, 0.2) is 5.13 Å². The molecule has 10 nitrogen and oxygen atoms in total. The highest BCUT2D eigenvalue weighted by Gasteiger charge is 2.37. The number of morpholine rings is 1. The van der Waals surface area contributed by atoms with E-state index in [-0.39, 0.29) is 16.3 Å². The molecule has 1 aliphatic heterocycles. The van der Waals surface area contributed by atoms with Gasteiger partial charge in [0, 0.05) is 29.7 Å². The molecule has 12 heteroatoms. The number of benzene rings is 1. The molecule has 5 rings (SSSR count). The van der Waals surface area contributed by atoms with Crippen molar-refractivity contribution in [1.82, 2.24) is 15.0 Å². The summed E-state index contributed by atoms with van der Waals surface area (Å²) in [5.74, 6) is 0.572. The molecule has 2 fully saturated rings. The quantitative estimate of drug-likeness (QED) is 0.456. The van der Waals surface area contributed by atoms with Crippen LogP contribution in [0.25, 0.3) is 11.3 Å². The van der Waals surface area contributed by atoms with Crippen LogP contribution in [-0.2, 0) is 25.0 Å². The van der Waals surface area contributed by atoms with Crippen LogP contribution in [0.4, 0.5) is 16.6 Å². The van der Waals surface area contributed by atoms with Gasteiger partial charge >= 0.3 is 0 Å². The van der Waals surface area contributed by atoms with E-state index in [1.54, 1.807) is 31.6 Å². The van der Waals surface area contributed by atoms with Crippen molar-refractivity contribution >= 4 is 43.9 Å². The molecule has 1 amide bonds. The van der Waals surface area contributed by atoms with Crippen molar-refractivity contribution in [2.75, 3.05) is 41.2 Å². The first-order chi connectivity index (χ1) is 17.2. The summed E-state index contributed by atoms with van der Waals surface area (Å²) in [6.07, 6.45) is 4.82. The zero-order valence-electron chi connectivity index (χ0n) is 20.1. The molecule has 3 heterocycles. The fourth-order valence-corrected chi connectivity index (χ4v) is 6.23. The number of rotatable bonds is 8. The predicted octanol–water partition coefficient (Wildman–Crippen LogP) is 3.26. The van der Waals surface area contributed by atoms with E-state index in [0.717, 1.165) is 30.2 Å². The second kappa shape index (κ2) is 9.75. The third kappa shape index (κ3) is 5.35. The molecule has 0 atom stereocenters. The number of hydrogen-bond donors (Lipinski definition) is 2. The highest BCUT2D eigenvalue weighted by molar-refractivity contribution is 7.93. The zero-order valence-corrected chi connectivity index (χ0v) is 21.7. The van der Waals surface area contributed by atoms with Gasteiger partial charge in [0.25, 0.3) is 0 Å². The molecule has 0 unspecified atom stereocenters. The highest BCUT2D eigenvalue weighted by atomic mass is 32.2. The molecular weight excluding hydrogens is 500 g/mol. The number of carbonyl (C=O) groups excluding carboxylic acids is 1. The van der Waals surface area contributed by atoms with Crippen molar-refractivity contribution in [3.63, 3.8) is 0 Å². The minimum atomic E-state index is -3.40. The zero-order chi connectivity index (χ0) is 25.3. The van der Waals surface area contributed by atoms with E-state index in [2.05, 4.69) is 24.9 Å². The molecule has 2 aliphatic rings. The smallest absolute Gasteiger partial charge is 0.237 e. The molecule has 1 aliphatic carbocycles.